The number of hydrogen-bond acceptors (Lipinski definition) is 6. The van der Waals surface area contributed by atoms with Crippen molar-refractivity contribution in [1.29, 1.82) is 0 Å². The molecule has 31 heavy (non-hydrogen) atoms. The van der Waals surface area contributed by atoms with Gasteiger partial charge in [0.15, 0.2) is 11.6 Å². The summed E-state index contributed by atoms with van der Waals surface area (Å²) in [4.78, 5) is 16.7. The first-order chi connectivity index (χ1) is 14.9. The van der Waals surface area contributed by atoms with E-state index in [0.29, 0.717) is 11.3 Å². The molecule has 0 atom stereocenters. The van der Waals surface area contributed by atoms with Crippen molar-refractivity contribution in [2.75, 3.05) is 11.3 Å². The van der Waals surface area contributed by atoms with Gasteiger partial charge in [-0.25, -0.2) is 22.6 Å². The molecule has 10 heteroatoms. The van der Waals surface area contributed by atoms with E-state index in [1.54, 1.807) is 19.1 Å². The number of hydrogen-bond donors (Lipinski definition) is 1. The summed E-state index contributed by atoms with van der Waals surface area (Å²) < 4.78 is 47.6. The summed E-state index contributed by atoms with van der Waals surface area (Å²) >= 11 is 0. The molecular weight excluding hydrogens is 423 g/mol. The smallest absolute Gasteiger partial charge is 0.343 e. The fourth-order valence-electron chi connectivity index (χ4n) is 2.95. The highest BCUT2D eigenvalue weighted by molar-refractivity contribution is 7.92. The molecule has 2 aromatic carbocycles. The molecule has 4 aromatic rings. The van der Waals surface area contributed by atoms with Crippen LogP contribution in [0.1, 0.15) is 17.3 Å². The van der Waals surface area contributed by atoms with Crippen LogP contribution < -0.4 is 4.72 Å². The summed E-state index contributed by atoms with van der Waals surface area (Å²) in [6.07, 6.45) is 1.21. The van der Waals surface area contributed by atoms with Gasteiger partial charge in [0.25, 0.3) is 10.0 Å². The van der Waals surface area contributed by atoms with Gasteiger partial charge in [-0.2, -0.15) is 9.78 Å². The molecule has 0 aliphatic carbocycles. The maximum absolute atomic E-state index is 13.2. The number of esters is 1. The largest absolute Gasteiger partial charge is 0.462 e. The number of fused-ring (bicyclic) bond motifs is 1. The number of pyridine rings is 1. The minimum Gasteiger partial charge on any atom is -0.462 e. The third-order valence-electron chi connectivity index (χ3n) is 4.42. The number of carbonyl (C=O) groups excluding carboxylic acids is 1. The Morgan fingerprint density at radius 3 is 2.58 bits per heavy atom. The molecule has 2 aromatic heterocycles. The molecule has 0 radical (unpaired) electrons. The van der Waals surface area contributed by atoms with Gasteiger partial charge in [0.2, 0.25) is 0 Å². The van der Waals surface area contributed by atoms with Gasteiger partial charge < -0.3 is 4.74 Å². The molecule has 158 valence electrons. The van der Waals surface area contributed by atoms with Crippen molar-refractivity contribution >= 4 is 32.7 Å². The van der Waals surface area contributed by atoms with E-state index < -0.39 is 21.8 Å². The van der Waals surface area contributed by atoms with Gasteiger partial charge in [-0.05, 0) is 49.4 Å². The van der Waals surface area contributed by atoms with Crippen LogP contribution in [-0.2, 0) is 14.8 Å². The number of sulfonamides is 1. The van der Waals surface area contributed by atoms with Crippen molar-refractivity contribution in [2.45, 2.75) is 11.8 Å². The topological polar surface area (TPSA) is 103 Å². The van der Waals surface area contributed by atoms with Crippen LogP contribution in [0.3, 0.4) is 0 Å². The molecule has 0 spiro atoms. The van der Waals surface area contributed by atoms with Gasteiger partial charge in [-0.1, -0.05) is 18.2 Å². The summed E-state index contributed by atoms with van der Waals surface area (Å²) in [6.45, 7) is 1.73. The number of rotatable bonds is 6. The molecule has 0 saturated heterocycles. The Kier molecular flexibility index (Phi) is 5.38. The molecule has 0 fully saturated rings. The summed E-state index contributed by atoms with van der Waals surface area (Å²) in [6, 6.07) is 15.2. The monoisotopic (exact) mass is 440 g/mol. The predicted molar refractivity (Wildman–Crippen MR) is 112 cm³/mol. The summed E-state index contributed by atoms with van der Waals surface area (Å²) in [5.74, 6) is -1.15. The van der Waals surface area contributed by atoms with Gasteiger partial charge in [0.1, 0.15) is 11.4 Å². The minimum absolute atomic E-state index is 0.0810. The van der Waals surface area contributed by atoms with Crippen molar-refractivity contribution in [3.05, 3.63) is 78.2 Å². The number of halogens is 1. The average molecular weight is 440 g/mol. The van der Waals surface area contributed by atoms with E-state index in [0.717, 1.165) is 29.7 Å². The molecule has 0 aliphatic heterocycles. The lowest BCUT2D eigenvalue weighted by Crippen LogP contribution is -2.19. The van der Waals surface area contributed by atoms with E-state index in [9.17, 15) is 17.6 Å². The Morgan fingerprint density at radius 1 is 1.10 bits per heavy atom. The zero-order valence-corrected chi connectivity index (χ0v) is 17.1. The molecule has 0 unspecified atom stereocenters. The Morgan fingerprint density at radius 2 is 1.84 bits per heavy atom. The SMILES string of the molecule is CCOC(=O)c1cnn(-c2ccc3ccccc3n2)c1NS(=O)(=O)c1ccc(F)cc1. The number of benzene rings is 2. The van der Waals surface area contributed by atoms with Gasteiger partial charge in [0.05, 0.1) is 23.2 Å². The number of aromatic nitrogens is 3. The maximum Gasteiger partial charge on any atom is 0.343 e. The summed E-state index contributed by atoms with van der Waals surface area (Å²) in [7, 11) is -4.16. The molecule has 8 nitrogen and oxygen atoms in total. The van der Waals surface area contributed by atoms with Crippen LogP contribution in [0.4, 0.5) is 10.2 Å². The summed E-state index contributed by atoms with van der Waals surface area (Å²) in [5, 5.41) is 5.04. The number of para-hydroxylation sites is 1. The number of nitrogens with one attached hydrogen (secondary N) is 1. The Bertz CT molecular complexity index is 1370. The van der Waals surface area contributed by atoms with Crippen molar-refractivity contribution in [3.63, 3.8) is 0 Å². The van der Waals surface area contributed by atoms with E-state index in [-0.39, 0.29) is 22.9 Å². The van der Waals surface area contributed by atoms with E-state index in [1.807, 2.05) is 24.3 Å². The quantitative estimate of drug-likeness (QED) is 0.460. The molecule has 0 aliphatic rings. The molecule has 0 amide bonds. The highest BCUT2D eigenvalue weighted by atomic mass is 32.2. The minimum atomic E-state index is -4.16. The van der Waals surface area contributed by atoms with Crippen LogP contribution >= 0.6 is 0 Å². The van der Waals surface area contributed by atoms with E-state index >= 15 is 0 Å². The number of anilines is 1. The van der Waals surface area contributed by atoms with Gasteiger partial charge in [0, 0.05) is 5.39 Å². The molecular formula is C21H17FN4O4S. The van der Waals surface area contributed by atoms with Crippen LogP contribution in [0.5, 0.6) is 0 Å². The van der Waals surface area contributed by atoms with Crippen molar-refractivity contribution in [3.8, 4) is 5.82 Å². The van der Waals surface area contributed by atoms with Crippen LogP contribution in [0.2, 0.25) is 0 Å². The van der Waals surface area contributed by atoms with Crippen molar-refractivity contribution in [2.24, 2.45) is 0 Å². The Labute approximate surface area is 177 Å². The second-order valence-corrected chi connectivity index (χ2v) is 8.14. The van der Waals surface area contributed by atoms with Gasteiger partial charge >= 0.3 is 5.97 Å². The Hall–Kier alpha value is -3.79. The average Bonchev–Trinajstić information content (AvgIpc) is 3.16. The number of ether oxygens (including phenoxy) is 1. The highest BCUT2D eigenvalue weighted by Gasteiger charge is 2.25. The first-order valence-electron chi connectivity index (χ1n) is 9.29. The first kappa shape index (κ1) is 20.5. The van der Waals surface area contributed by atoms with Crippen LogP contribution in [0.25, 0.3) is 16.7 Å². The predicted octanol–water partition coefficient (Wildman–Crippen LogP) is 3.54. The molecule has 2 heterocycles. The van der Waals surface area contributed by atoms with Crippen molar-refractivity contribution in [1.82, 2.24) is 14.8 Å². The Balaban J connectivity index is 1.83. The third-order valence-corrected chi connectivity index (χ3v) is 5.78. The van der Waals surface area contributed by atoms with Gasteiger partial charge in [-0.3, -0.25) is 4.72 Å². The van der Waals surface area contributed by atoms with E-state index in [1.165, 1.54) is 10.9 Å². The highest BCUT2D eigenvalue weighted by Crippen LogP contribution is 2.25. The lowest BCUT2D eigenvalue weighted by molar-refractivity contribution is 0.0527. The summed E-state index contributed by atoms with van der Waals surface area (Å²) in [5.41, 5.74) is 0.586. The van der Waals surface area contributed by atoms with E-state index in [2.05, 4.69) is 14.8 Å². The molecule has 4 rings (SSSR count). The van der Waals surface area contributed by atoms with Crippen LogP contribution in [-0.4, -0.2) is 35.8 Å². The fourth-order valence-corrected chi connectivity index (χ4v) is 4.01. The second-order valence-electron chi connectivity index (χ2n) is 6.46. The maximum atomic E-state index is 13.2. The zero-order valence-electron chi connectivity index (χ0n) is 16.3. The third kappa shape index (κ3) is 4.10. The van der Waals surface area contributed by atoms with Crippen molar-refractivity contribution < 1.29 is 22.3 Å². The normalized spacial score (nSPS) is 11.4. The van der Waals surface area contributed by atoms with Crippen LogP contribution in [0, 0.1) is 5.82 Å². The molecule has 0 saturated carbocycles. The standard InChI is InChI=1S/C21H17FN4O4S/c1-2-30-21(27)17-13-23-26(19-12-7-14-5-3-4-6-18(14)24-19)20(17)25-31(28,29)16-10-8-15(22)9-11-16/h3-13,25H,2H2,1H3. The second kappa shape index (κ2) is 8.15. The molecule has 0 bridgehead atoms. The van der Waals surface area contributed by atoms with Crippen LogP contribution in [0.15, 0.2) is 71.8 Å². The lowest BCUT2D eigenvalue weighted by atomic mass is 10.2. The zero-order chi connectivity index (χ0) is 22.0. The lowest BCUT2D eigenvalue weighted by Gasteiger charge is -2.12. The van der Waals surface area contributed by atoms with E-state index in [4.69, 9.17) is 4.74 Å². The number of carbonyl (C=O) groups is 1. The fraction of sp³-hybridized carbons (Fsp3) is 0.0952. The molecule has 1 N–H and O–H groups in total. The van der Waals surface area contributed by atoms with Gasteiger partial charge in [-0.15, -0.1) is 0 Å². The number of nitrogens with zero attached hydrogens (tertiary/aromatic N) is 3. The first-order valence-corrected chi connectivity index (χ1v) is 10.8.